The molecule has 0 amide bonds. The minimum atomic E-state index is -0.853. The molecule has 2 aromatic rings. The first kappa shape index (κ1) is 19.4. The molecule has 0 bridgehead atoms. The van der Waals surface area contributed by atoms with Crippen molar-refractivity contribution in [2.75, 3.05) is 19.8 Å². The van der Waals surface area contributed by atoms with Crippen LogP contribution in [0.3, 0.4) is 0 Å². The fourth-order valence-electron chi connectivity index (χ4n) is 2.80. The molecule has 144 valence electrons. The Morgan fingerprint density at radius 2 is 1.96 bits per heavy atom. The van der Waals surface area contributed by atoms with Gasteiger partial charge in [-0.2, -0.15) is 0 Å². The average molecular weight is 371 g/mol. The Balaban J connectivity index is 1.55. The van der Waals surface area contributed by atoms with Gasteiger partial charge < -0.3 is 19.4 Å². The molecule has 1 aliphatic heterocycles. The smallest absolute Gasteiger partial charge is 0.209 e. The van der Waals surface area contributed by atoms with E-state index in [2.05, 4.69) is 15.1 Å². The first-order valence-electron chi connectivity index (χ1n) is 9.02. The highest BCUT2D eigenvalue weighted by Gasteiger charge is 2.34. The van der Waals surface area contributed by atoms with Crippen molar-refractivity contribution in [3.05, 3.63) is 59.2 Å². The van der Waals surface area contributed by atoms with E-state index < -0.39 is 11.9 Å². The molecule has 0 spiro atoms. The van der Waals surface area contributed by atoms with Gasteiger partial charge in [-0.3, -0.25) is 4.98 Å². The van der Waals surface area contributed by atoms with E-state index in [1.807, 2.05) is 51.1 Å². The van der Waals surface area contributed by atoms with Gasteiger partial charge in [-0.25, -0.2) is 4.98 Å². The molecule has 27 heavy (non-hydrogen) atoms. The quantitative estimate of drug-likeness (QED) is 0.458. The predicted octanol–water partition coefficient (Wildman–Crippen LogP) is 2.87. The number of hydrogen-bond donors (Lipinski definition) is 1. The van der Waals surface area contributed by atoms with E-state index >= 15 is 0 Å². The molecule has 0 saturated carbocycles. The van der Waals surface area contributed by atoms with Gasteiger partial charge in [0.15, 0.2) is 0 Å². The van der Waals surface area contributed by atoms with E-state index in [-0.39, 0.29) is 6.61 Å². The average Bonchev–Trinajstić information content (AvgIpc) is 3.13. The zero-order valence-corrected chi connectivity index (χ0v) is 15.9. The lowest BCUT2D eigenvalue weighted by atomic mass is 10.1. The summed E-state index contributed by atoms with van der Waals surface area (Å²) in [5, 5.41) is 14.5. The van der Waals surface area contributed by atoms with E-state index in [0.717, 1.165) is 11.4 Å². The molecular formula is C20H25N3O4. The first-order chi connectivity index (χ1) is 13.0. The normalized spacial score (nSPS) is 17.7. The number of aliphatic hydroxyl groups excluding tert-OH is 1. The van der Waals surface area contributed by atoms with Gasteiger partial charge in [0, 0.05) is 12.1 Å². The molecule has 3 rings (SSSR count). The van der Waals surface area contributed by atoms with Gasteiger partial charge in [-0.1, -0.05) is 17.3 Å². The summed E-state index contributed by atoms with van der Waals surface area (Å²) in [5.74, 6) is -0.853. The maximum atomic E-state index is 10.4. The van der Waals surface area contributed by atoms with Crippen LogP contribution in [0.1, 0.15) is 49.1 Å². The molecule has 1 fully saturated rings. The summed E-state index contributed by atoms with van der Waals surface area (Å²) in [6.45, 7) is 6.93. The second-order valence-corrected chi connectivity index (χ2v) is 6.57. The highest BCUT2D eigenvalue weighted by Crippen LogP contribution is 2.30. The number of rotatable bonds is 7. The Hall–Kier alpha value is -2.35. The van der Waals surface area contributed by atoms with Crippen LogP contribution in [0.4, 0.5) is 0 Å². The largest absolute Gasteiger partial charge is 0.395 e. The summed E-state index contributed by atoms with van der Waals surface area (Å²) >= 11 is 0. The Morgan fingerprint density at radius 3 is 2.70 bits per heavy atom. The van der Waals surface area contributed by atoms with E-state index in [1.54, 1.807) is 6.07 Å². The summed E-state index contributed by atoms with van der Waals surface area (Å²) in [6, 6.07) is 11.2. The van der Waals surface area contributed by atoms with Crippen LogP contribution in [0.15, 0.2) is 41.6 Å². The molecule has 7 nitrogen and oxygen atoms in total. The summed E-state index contributed by atoms with van der Waals surface area (Å²) in [4.78, 5) is 14.2. The van der Waals surface area contributed by atoms with Gasteiger partial charge in [-0.05, 0) is 45.0 Å². The number of pyridine rings is 2. The van der Waals surface area contributed by atoms with Gasteiger partial charge in [0.25, 0.3) is 0 Å². The Labute approximate surface area is 159 Å². The molecule has 1 N–H and O–H groups in total. The van der Waals surface area contributed by atoms with Crippen LogP contribution in [0, 0.1) is 6.92 Å². The van der Waals surface area contributed by atoms with Crippen molar-refractivity contribution in [1.82, 2.24) is 9.97 Å². The molecule has 0 aromatic carbocycles. The number of nitrogens with zero attached hydrogens (tertiary/aromatic N) is 3. The fraction of sp³-hybridized carbons (Fsp3) is 0.450. The second-order valence-electron chi connectivity index (χ2n) is 6.57. The lowest BCUT2D eigenvalue weighted by Crippen LogP contribution is -2.24. The molecule has 1 unspecified atom stereocenters. The number of aryl methyl sites for hydroxylation is 1. The minimum absolute atomic E-state index is 0.264. The van der Waals surface area contributed by atoms with Crippen molar-refractivity contribution in [3.63, 3.8) is 0 Å². The van der Waals surface area contributed by atoms with Crippen LogP contribution in [0.2, 0.25) is 0 Å². The van der Waals surface area contributed by atoms with Crippen LogP contribution < -0.4 is 0 Å². The van der Waals surface area contributed by atoms with Gasteiger partial charge in [-0.15, -0.1) is 0 Å². The standard InChI is InChI=1S/C20H25N3O4/c1-14-6-4-7-16(21-14)15(2)23-27-11-10-18(24)17-8-5-9-19(22-17)20(3)25-12-13-26-20/h4-9,18,24H,10-13H2,1-3H3. The predicted molar refractivity (Wildman–Crippen MR) is 100 cm³/mol. The summed E-state index contributed by atoms with van der Waals surface area (Å²) in [6.07, 6.45) is -0.394. The Bertz CT molecular complexity index is 803. The molecular weight excluding hydrogens is 346 g/mol. The third-order valence-electron chi connectivity index (χ3n) is 4.36. The van der Waals surface area contributed by atoms with Crippen molar-refractivity contribution in [1.29, 1.82) is 0 Å². The van der Waals surface area contributed by atoms with Gasteiger partial charge >= 0.3 is 0 Å². The summed E-state index contributed by atoms with van der Waals surface area (Å²) in [7, 11) is 0. The van der Waals surface area contributed by atoms with E-state index in [4.69, 9.17) is 14.3 Å². The molecule has 0 aliphatic carbocycles. The van der Waals surface area contributed by atoms with E-state index in [0.29, 0.717) is 36.7 Å². The van der Waals surface area contributed by atoms with Crippen molar-refractivity contribution in [2.24, 2.45) is 5.16 Å². The van der Waals surface area contributed by atoms with Crippen molar-refractivity contribution in [2.45, 2.75) is 39.1 Å². The third kappa shape index (κ3) is 4.88. The maximum Gasteiger partial charge on any atom is 0.209 e. The van der Waals surface area contributed by atoms with Crippen molar-refractivity contribution < 1.29 is 19.4 Å². The number of aliphatic hydroxyl groups is 1. The Morgan fingerprint density at radius 1 is 1.22 bits per heavy atom. The zero-order chi connectivity index (χ0) is 19.3. The lowest BCUT2D eigenvalue weighted by Gasteiger charge is -2.22. The first-order valence-corrected chi connectivity index (χ1v) is 9.02. The molecule has 1 aliphatic rings. The van der Waals surface area contributed by atoms with Crippen LogP contribution in [0.5, 0.6) is 0 Å². The van der Waals surface area contributed by atoms with Gasteiger partial charge in [0.05, 0.1) is 36.4 Å². The highest BCUT2D eigenvalue weighted by molar-refractivity contribution is 5.96. The van der Waals surface area contributed by atoms with Crippen LogP contribution in [-0.4, -0.2) is 40.6 Å². The number of aromatic nitrogens is 2. The van der Waals surface area contributed by atoms with Crippen LogP contribution >= 0.6 is 0 Å². The van der Waals surface area contributed by atoms with Gasteiger partial charge in [0.1, 0.15) is 12.3 Å². The molecule has 1 saturated heterocycles. The number of oxime groups is 1. The molecule has 7 heteroatoms. The minimum Gasteiger partial charge on any atom is -0.395 e. The molecule has 2 aromatic heterocycles. The lowest BCUT2D eigenvalue weighted by molar-refractivity contribution is -0.153. The van der Waals surface area contributed by atoms with Crippen molar-refractivity contribution >= 4 is 5.71 Å². The topological polar surface area (TPSA) is 86.1 Å². The molecule has 3 heterocycles. The number of hydrogen-bond acceptors (Lipinski definition) is 7. The number of ether oxygens (including phenoxy) is 2. The zero-order valence-electron chi connectivity index (χ0n) is 15.9. The third-order valence-corrected chi connectivity index (χ3v) is 4.36. The second kappa shape index (κ2) is 8.56. The summed E-state index contributed by atoms with van der Waals surface area (Å²) in [5.41, 5.74) is 3.59. The van der Waals surface area contributed by atoms with Crippen molar-refractivity contribution in [3.8, 4) is 0 Å². The van der Waals surface area contributed by atoms with Crippen LogP contribution in [0.25, 0.3) is 0 Å². The highest BCUT2D eigenvalue weighted by atomic mass is 16.7. The molecule has 1 atom stereocenters. The van der Waals surface area contributed by atoms with E-state index in [9.17, 15) is 5.11 Å². The van der Waals surface area contributed by atoms with Gasteiger partial charge in [0.2, 0.25) is 5.79 Å². The maximum absolute atomic E-state index is 10.4. The van der Waals surface area contributed by atoms with Crippen LogP contribution in [-0.2, 0) is 20.1 Å². The summed E-state index contributed by atoms with van der Waals surface area (Å²) < 4.78 is 11.2. The fourth-order valence-corrected chi connectivity index (χ4v) is 2.80. The van der Waals surface area contributed by atoms with E-state index in [1.165, 1.54) is 0 Å². The monoisotopic (exact) mass is 371 g/mol. The Kier molecular flexibility index (Phi) is 6.15. The SMILES string of the molecule is CC(=NOCCC(O)c1cccc(C2(C)OCCO2)n1)c1cccc(C)n1. The molecule has 0 radical (unpaired) electrons.